The molecule has 4 heteroatoms. The van der Waals surface area contributed by atoms with Gasteiger partial charge in [0, 0.05) is 19.7 Å². The first-order valence-corrected chi connectivity index (χ1v) is 7.55. The molecule has 1 aliphatic rings. The highest BCUT2D eigenvalue weighted by Gasteiger charge is 2.16. The zero-order chi connectivity index (χ0) is 13.8. The van der Waals surface area contributed by atoms with E-state index in [4.69, 9.17) is 9.72 Å². The van der Waals surface area contributed by atoms with Gasteiger partial charge in [0.15, 0.2) is 0 Å². The van der Waals surface area contributed by atoms with Gasteiger partial charge in [0.1, 0.15) is 5.82 Å². The first kappa shape index (κ1) is 13.6. The summed E-state index contributed by atoms with van der Waals surface area (Å²) in [6.45, 7) is 2.43. The zero-order valence-corrected chi connectivity index (χ0v) is 12.1. The number of para-hydroxylation sites is 2. The highest BCUT2D eigenvalue weighted by molar-refractivity contribution is 5.75. The number of rotatable bonds is 6. The molecular weight excluding hydrogens is 250 g/mol. The van der Waals surface area contributed by atoms with Gasteiger partial charge in [-0.2, -0.15) is 0 Å². The molecule has 1 aliphatic carbocycles. The average Bonchev–Trinajstić information content (AvgIpc) is 3.10. The van der Waals surface area contributed by atoms with Crippen LogP contribution in [-0.4, -0.2) is 29.3 Å². The van der Waals surface area contributed by atoms with Gasteiger partial charge in [0.05, 0.1) is 24.2 Å². The van der Waals surface area contributed by atoms with Crippen molar-refractivity contribution in [3.05, 3.63) is 30.1 Å². The molecule has 108 valence electrons. The van der Waals surface area contributed by atoms with Crippen molar-refractivity contribution in [1.82, 2.24) is 14.9 Å². The van der Waals surface area contributed by atoms with Gasteiger partial charge in [-0.1, -0.05) is 25.0 Å². The highest BCUT2D eigenvalue weighted by Crippen LogP contribution is 2.19. The Morgan fingerprint density at radius 1 is 1.30 bits per heavy atom. The second-order valence-electron chi connectivity index (χ2n) is 5.52. The quantitative estimate of drug-likeness (QED) is 0.879. The van der Waals surface area contributed by atoms with Gasteiger partial charge in [-0.3, -0.25) is 0 Å². The monoisotopic (exact) mass is 273 g/mol. The number of benzene rings is 1. The first-order chi connectivity index (χ1) is 9.88. The predicted molar refractivity (Wildman–Crippen MR) is 80.7 cm³/mol. The number of methoxy groups -OCH3 is 1. The molecule has 0 spiro atoms. The molecule has 0 saturated heterocycles. The smallest absolute Gasteiger partial charge is 0.123 e. The molecular formula is C16H23N3O. The minimum absolute atomic E-state index is 0.672. The summed E-state index contributed by atoms with van der Waals surface area (Å²) in [7, 11) is 1.75. The fourth-order valence-corrected chi connectivity index (χ4v) is 3.06. The molecule has 3 rings (SSSR count). The fourth-order valence-electron chi connectivity index (χ4n) is 3.06. The van der Waals surface area contributed by atoms with Crippen LogP contribution in [0.25, 0.3) is 11.0 Å². The summed E-state index contributed by atoms with van der Waals surface area (Å²) in [6, 6.07) is 9.01. The molecule has 0 bridgehead atoms. The van der Waals surface area contributed by atoms with E-state index in [-0.39, 0.29) is 0 Å². The highest BCUT2D eigenvalue weighted by atomic mass is 16.5. The Kier molecular flexibility index (Phi) is 4.33. The minimum atomic E-state index is 0.672. The molecule has 0 aliphatic heterocycles. The van der Waals surface area contributed by atoms with Crippen molar-refractivity contribution in [2.75, 3.05) is 13.7 Å². The van der Waals surface area contributed by atoms with E-state index >= 15 is 0 Å². The van der Waals surface area contributed by atoms with Crippen molar-refractivity contribution >= 4 is 11.0 Å². The van der Waals surface area contributed by atoms with Crippen molar-refractivity contribution in [2.45, 2.75) is 44.8 Å². The summed E-state index contributed by atoms with van der Waals surface area (Å²) >= 11 is 0. The number of nitrogens with zero attached hydrogens (tertiary/aromatic N) is 2. The van der Waals surface area contributed by atoms with E-state index in [1.165, 1.54) is 31.2 Å². The van der Waals surface area contributed by atoms with Crippen molar-refractivity contribution in [3.8, 4) is 0 Å². The third kappa shape index (κ3) is 2.86. The molecule has 0 atom stereocenters. The van der Waals surface area contributed by atoms with Gasteiger partial charge in [0.2, 0.25) is 0 Å². The largest absolute Gasteiger partial charge is 0.383 e. The van der Waals surface area contributed by atoms with Gasteiger partial charge in [-0.15, -0.1) is 0 Å². The third-order valence-corrected chi connectivity index (χ3v) is 4.16. The molecule has 20 heavy (non-hydrogen) atoms. The Morgan fingerprint density at radius 2 is 2.10 bits per heavy atom. The Morgan fingerprint density at radius 3 is 2.90 bits per heavy atom. The molecule has 1 N–H and O–H groups in total. The molecule has 1 heterocycles. The van der Waals surface area contributed by atoms with E-state index in [1.807, 2.05) is 6.07 Å². The van der Waals surface area contributed by atoms with Crippen molar-refractivity contribution < 1.29 is 4.74 Å². The zero-order valence-electron chi connectivity index (χ0n) is 12.1. The van der Waals surface area contributed by atoms with Crippen molar-refractivity contribution in [3.63, 3.8) is 0 Å². The lowest BCUT2D eigenvalue weighted by Crippen LogP contribution is -2.27. The maximum Gasteiger partial charge on any atom is 0.123 e. The summed E-state index contributed by atoms with van der Waals surface area (Å²) in [4.78, 5) is 4.77. The van der Waals surface area contributed by atoms with Crippen LogP contribution in [-0.2, 0) is 17.8 Å². The first-order valence-electron chi connectivity index (χ1n) is 7.55. The number of ether oxygens (including phenoxy) is 1. The Hall–Kier alpha value is -1.39. The Labute approximate surface area is 120 Å². The van der Waals surface area contributed by atoms with Crippen LogP contribution in [0.15, 0.2) is 24.3 Å². The Bertz CT molecular complexity index is 558. The summed E-state index contributed by atoms with van der Waals surface area (Å²) in [5, 5.41) is 3.65. The van der Waals surface area contributed by atoms with Crippen LogP contribution in [0.4, 0.5) is 0 Å². The third-order valence-electron chi connectivity index (χ3n) is 4.16. The SMILES string of the molecule is COCCn1c(CNC2CCCC2)nc2ccccc21. The number of hydrogen-bond acceptors (Lipinski definition) is 3. The van der Waals surface area contributed by atoms with Gasteiger partial charge in [-0.25, -0.2) is 4.98 Å². The summed E-state index contributed by atoms with van der Waals surface area (Å²) in [5.41, 5.74) is 2.28. The van der Waals surface area contributed by atoms with Gasteiger partial charge in [0.25, 0.3) is 0 Å². The molecule has 4 nitrogen and oxygen atoms in total. The Balaban J connectivity index is 1.79. The van der Waals surface area contributed by atoms with Gasteiger partial charge in [-0.05, 0) is 25.0 Å². The number of imidazole rings is 1. The number of nitrogens with one attached hydrogen (secondary N) is 1. The van der Waals surface area contributed by atoms with Crippen LogP contribution >= 0.6 is 0 Å². The van der Waals surface area contributed by atoms with Gasteiger partial charge < -0.3 is 14.6 Å². The molecule has 1 saturated carbocycles. The second-order valence-corrected chi connectivity index (χ2v) is 5.52. The van der Waals surface area contributed by atoms with Crippen LogP contribution in [0.3, 0.4) is 0 Å². The standard InChI is InChI=1S/C16H23N3O/c1-20-11-10-19-15-9-5-4-8-14(15)18-16(19)12-17-13-6-2-3-7-13/h4-5,8-9,13,17H,2-3,6-7,10-12H2,1H3. The van der Waals surface area contributed by atoms with E-state index in [9.17, 15) is 0 Å². The van der Waals surface area contributed by atoms with Crippen LogP contribution in [0, 0.1) is 0 Å². The average molecular weight is 273 g/mol. The second kappa shape index (κ2) is 6.37. The normalized spacial score (nSPS) is 16.2. The van der Waals surface area contributed by atoms with E-state index in [0.717, 1.165) is 31.0 Å². The molecule has 1 fully saturated rings. The van der Waals surface area contributed by atoms with Crippen LogP contribution in [0.1, 0.15) is 31.5 Å². The molecule has 0 radical (unpaired) electrons. The fraction of sp³-hybridized carbons (Fsp3) is 0.562. The molecule has 1 aromatic carbocycles. The van der Waals surface area contributed by atoms with Crippen LogP contribution < -0.4 is 5.32 Å². The number of fused-ring (bicyclic) bond motifs is 1. The molecule has 0 amide bonds. The van der Waals surface area contributed by atoms with Crippen LogP contribution in [0.2, 0.25) is 0 Å². The lowest BCUT2D eigenvalue weighted by atomic mass is 10.2. The van der Waals surface area contributed by atoms with E-state index in [2.05, 4.69) is 28.1 Å². The van der Waals surface area contributed by atoms with E-state index in [0.29, 0.717) is 6.04 Å². The topological polar surface area (TPSA) is 39.1 Å². The summed E-state index contributed by atoms with van der Waals surface area (Å²) < 4.78 is 7.51. The maximum absolute atomic E-state index is 5.23. The lowest BCUT2D eigenvalue weighted by Gasteiger charge is -2.13. The van der Waals surface area contributed by atoms with Crippen LogP contribution in [0.5, 0.6) is 0 Å². The summed E-state index contributed by atoms with van der Waals surface area (Å²) in [6.07, 6.45) is 5.33. The van der Waals surface area contributed by atoms with Crippen molar-refractivity contribution in [1.29, 1.82) is 0 Å². The van der Waals surface area contributed by atoms with Gasteiger partial charge >= 0.3 is 0 Å². The summed E-state index contributed by atoms with van der Waals surface area (Å²) in [5.74, 6) is 1.12. The minimum Gasteiger partial charge on any atom is -0.383 e. The molecule has 1 aromatic heterocycles. The lowest BCUT2D eigenvalue weighted by molar-refractivity contribution is 0.187. The maximum atomic E-state index is 5.23. The predicted octanol–water partition coefficient (Wildman–Crippen LogP) is 2.71. The van der Waals surface area contributed by atoms with Crippen molar-refractivity contribution in [2.24, 2.45) is 0 Å². The molecule has 2 aromatic rings. The van der Waals surface area contributed by atoms with E-state index < -0.39 is 0 Å². The number of hydrogen-bond donors (Lipinski definition) is 1. The molecule has 0 unspecified atom stereocenters. The van der Waals surface area contributed by atoms with E-state index in [1.54, 1.807) is 7.11 Å². The number of aromatic nitrogens is 2.